The lowest BCUT2D eigenvalue weighted by Gasteiger charge is -2.06. The highest BCUT2D eigenvalue weighted by Gasteiger charge is 2.10. The molecule has 0 heterocycles. The zero-order chi connectivity index (χ0) is 14.3. The minimum Gasteiger partial charge on any atom is -0.504 e. The minimum absolute atomic E-state index is 0.103. The molecule has 0 aliphatic heterocycles. The van der Waals surface area contributed by atoms with Crippen LogP contribution in [0, 0.1) is 11.8 Å². The first-order valence-corrected chi connectivity index (χ1v) is 5.68. The van der Waals surface area contributed by atoms with Gasteiger partial charge in [0.2, 0.25) is 5.91 Å². The maximum atomic E-state index is 11.0. The second-order valence-corrected chi connectivity index (χ2v) is 3.73. The molecule has 1 rings (SSSR count). The first-order chi connectivity index (χ1) is 9.10. The van der Waals surface area contributed by atoms with Gasteiger partial charge in [-0.2, -0.15) is 0 Å². The zero-order valence-electron chi connectivity index (χ0n) is 10.8. The van der Waals surface area contributed by atoms with E-state index in [1.54, 1.807) is 12.1 Å². The van der Waals surface area contributed by atoms with Crippen LogP contribution in [0.5, 0.6) is 11.5 Å². The van der Waals surface area contributed by atoms with E-state index in [0.717, 1.165) is 0 Å². The van der Waals surface area contributed by atoms with E-state index < -0.39 is 0 Å². The summed E-state index contributed by atoms with van der Waals surface area (Å²) in [6.45, 7) is 1.88. The van der Waals surface area contributed by atoms with Gasteiger partial charge in [-0.15, -0.1) is 0 Å². The average Bonchev–Trinajstić information content (AvgIpc) is 2.38. The van der Waals surface area contributed by atoms with Gasteiger partial charge in [0.25, 0.3) is 0 Å². The van der Waals surface area contributed by atoms with Gasteiger partial charge in [0.1, 0.15) is 0 Å². The molecular weight excluding hydrogens is 246 g/mol. The summed E-state index contributed by atoms with van der Waals surface area (Å²) >= 11 is 0. The topological polar surface area (TPSA) is 75.6 Å². The molecule has 0 atom stereocenters. The number of nitrogens with one attached hydrogen (secondary N) is 1. The summed E-state index contributed by atoms with van der Waals surface area (Å²) in [4.78, 5) is 21.6. The second-order valence-electron chi connectivity index (χ2n) is 3.73. The molecule has 0 bridgehead atoms. The maximum absolute atomic E-state index is 11.0. The quantitative estimate of drug-likeness (QED) is 0.483. The van der Waals surface area contributed by atoms with E-state index in [9.17, 15) is 14.7 Å². The number of carbonyl (C=O) groups excluding carboxylic acids is 2. The maximum Gasteiger partial charge on any atom is 0.216 e. The Kier molecular flexibility index (Phi) is 5.42. The Hall–Kier alpha value is -2.48. The molecule has 0 spiro atoms. The Balaban J connectivity index is 2.84. The number of phenolic OH excluding ortho intramolecular Hbond substituents is 1. The van der Waals surface area contributed by atoms with E-state index in [-0.39, 0.29) is 23.0 Å². The Morgan fingerprint density at radius 2 is 2.26 bits per heavy atom. The van der Waals surface area contributed by atoms with Gasteiger partial charge < -0.3 is 15.2 Å². The SMILES string of the molecule is COc1ccc(C#CCCNC(C)=O)c(C=O)c1O. The van der Waals surface area contributed by atoms with E-state index in [0.29, 0.717) is 24.8 Å². The van der Waals surface area contributed by atoms with Crippen molar-refractivity contribution in [2.24, 2.45) is 0 Å². The number of methoxy groups -OCH3 is 1. The monoisotopic (exact) mass is 261 g/mol. The number of hydrogen-bond acceptors (Lipinski definition) is 4. The van der Waals surface area contributed by atoms with Crippen molar-refractivity contribution in [3.8, 4) is 23.3 Å². The van der Waals surface area contributed by atoms with Crippen LogP contribution in [0.2, 0.25) is 0 Å². The fraction of sp³-hybridized carbons (Fsp3) is 0.286. The molecule has 2 N–H and O–H groups in total. The van der Waals surface area contributed by atoms with Gasteiger partial charge in [-0.3, -0.25) is 9.59 Å². The summed E-state index contributed by atoms with van der Waals surface area (Å²) in [7, 11) is 1.41. The molecule has 1 aromatic carbocycles. The molecule has 5 nitrogen and oxygen atoms in total. The van der Waals surface area contributed by atoms with Crippen LogP contribution < -0.4 is 10.1 Å². The van der Waals surface area contributed by atoms with Crippen LogP contribution in [0.15, 0.2) is 12.1 Å². The Bertz CT molecular complexity index is 540. The van der Waals surface area contributed by atoms with Crippen LogP contribution in [0.3, 0.4) is 0 Å². The first kappa shape index (κ1) is 14.6. The third-order valence-electron chi connectivity index (χ3n) is 2.36. The molecule has 0 unspecified atom stereocenters. The molecule has 0 saturated carbocycles. The standard InChI is InChI=1S/C14H15NO4/c1-10(17)15-8-4-3-5-11-6-7-13(19-2)14(18)12(11)9-16/h6-7,9,18H,4,8H2,1-2H3,(H,15,17). The lowest BCUT2D eigenvalue weighted by atomic mass is 10.1. The average molecular weight is 261 g/mol. The lowest BCUT2D eigenvalue weighted by Crippen LogP contribution is -2.20. The Morgan fingerprint density at radius 1 is 1.53 bits per heavy atom. The van der Waals surface area contributed by atoms with E-state index in [4.69, 9.17) is 4.74 Å². The molecule has 0 aromatic heterocycles. The zero-order valence-corrected chi connectivity index (χ0v) is 10.8. The molecule has 19 heavy (non-hydrogen) atoms. The molecular formula is C14H15NO4. The molecule has 0 saturated heterocycles. The smallest absolute Gasteiger partial charge is 0.216 e. The van der Waals surface area contributed by atoms with Crippen LogP contribution in [-0.4, -0.2) is 31.0 Å². The van der Waals surface area contributed by atoms with Gasteiger partial charge in [-0.25, -0.2) is 0 Å². The van der Waals surface area contributed by atoms with Gasteiger partial charge in [0.05, 0.1) is 12.7 Å². The molecule has 1 aromatic rings. The fourth-order valence-corrected chi connectivity index (χ4v) is 1.44. The van der Waals surface area contributed by atoms with Crippen molar-refractivity contribution in [3.63, 3.8) is 0 Å². The van der Waals surface area contributed by atoms with Crippen molar-refractivity contribution in [1.29, 1.82) is 0 Å². The van der Waals surface area contributed by atoms with Crippen molar-refractivity contribution in [3.05, 3.63) is 23.3 Å². The van der Waals surface area contributed by atoms with E-state index >= 15 is 0 Å². The number of aromatic hydroxyl groups is 1. The molecule has 0 aliphatic rings. The van der Waals surface area contributed by atoms with E-state index in [2.05, 4.69) is 17.2 Å². The number of amides is 1. The number of hydrogen-bond donors (Lipinski definition) is 2. The summed E-state index contributed by atoms with van der Waals surface area (Å²) in [6, 6.07) is 3.15. The summed E-state index contributed by atoms with van der Waals surface area (Å²) in [5.41, 5.74) is 0.530. The molecule has 0 aliphatic carbocycles. The highest BCUT2D eigenvalue weighted by Crippen LogP contribution is 2.30. The third kappa shape index (κ3) is 4.03. The molecule has 0 fully saturated rings. The van der Waals surface area contributed by atoms with Crippen molar-refractivity contribution in [2.45, 2.75) is 13.3 Å². The molecule has 5 heteroatoms. The Morgan fingerprint density at radius 3 is 2.84 bits per heavy atom. The van der Waals surface area contributed by atoms with E-state index in [1.165, 1.54) is 14.0 Å². The summed E-state index contributed by atoms with van der Waals surface area (Å²) in [5, 5.41) is 12.4. The van der Waals surface area contributed by atoms with Crippen LogP contribution >= 0.6 is 0 Å². The van der Waals surface area contributed by atoms with Crippen molar-refractivity contribution < 1.29 is 19.4 Å². The van der Waals surface area contributed by atoms with Crippen molar-refractivity contribution >= 4 is 12.2 Å². The van der Waals surface area contributed by atoms with Gasteiger partial charge in [0.15, 0.2) is 17.8 Å². The number of aldehydes is 1. The number of rotatable bonds is 4. The van der Waals surface area contributed by atoms with Gasteiger partial charge >= 0.3 is 0 Å². The lowest BCUT2D eigenvalue weighted by molar-refractivity contribution is -0.118. The fourth-order valence-electron chi connectivity index (χ4n) is 1.44. The molecule has 0 radical (unpaired) electrons. The van der Waals surface area contributed by atoms with Crippen LogP contribution in [-0.2, 0) is 4.79 Å². The highest BCUT2D eigenvalue weighted by atomic mass is 16.5. The van der Waals surface area contributed by atoms with E-state index in [1.807, 2.05) is 0 Å². The highest BCUT2D eigenvalue weighted by molar-refractivity contribution is 5.85. The number of carbonyl (C=O) groups is 2. The van der Waals surface area contributed by atoms with Gasteiger partial charge in [-0.1, -0.05) is 11.8 Å². The number of ether oxygens (including phenoxy) is 1. The second kappa shape index (κ2) is 7.07. The minimum atomic E-state index is -0.217. The summed E-state index contributed by atoms with van der Waals surface area (Å²) in [5.74, 6) is 5.50. The van der Waals surface area contributed by atoms with Gasteiger partial charge in [0, 0.05) is 25.5 Å². The predicted molar refractivity (Wildman–Crippen MR) is 70.2 cm³/mol. The summed E-state index contributed by atoms with van der Waals surface area (Å²) < 4.78 is 4.91. The van der Waals surface area contributed by atoms with Crippen molar-refractivity contribution in [1.82, 2.24) is 5.32 Å². The molecule has 1 amide bonds. The Labute approximate surface area is 111 Å². The van der Waals surface area contributed by atoms with Crippen LogP contribution in [0.1, 0.15) is 29.3 Å². The third-order valence-corrected chi connectivity index (χ3v) is 2.36. The van der Waals surface area contributed by atoms with Crippen LogP contribution in [0.25, 0.3) is 0 Å². The largest absolute Gasteiger partial charge is 0.504 e. The normalized spacial score (nSPS) is 9.16. The van der Waals surface area contributed by atoms with Crippen molar-refractivity contribution in [2.75, 3.05) is 13.7 Å². The predicted octanol–water partition coefficient (Wildman–Crippen LogP) is 1.09. The van der Waals surface area contributed by atoms with Crippen LogP contribution in [0.4, 0.5) is 0 Å². The molecule has 100 valence electrons. The number of benzene rings is 1. The van der Waals surface area contributed by atoms with Gasteiger partial charge in [-0.05, 0) is 12.1 Å². The number of phenols is 1. The first-order valence-electron chi connectivity index (χ1n) is 5.68. The summed E-state index contributed by atoms with van der Waals surface area (Å²) in [6.07, 6.45) is 1.00.